The number of ether oxygens (including phenoxy) is 5. The number of aliphatic hydroxyl groups excluding tert-OH is 1. The van der Waals surface area contributed by atoms with Crippen molar-refractivity contribution in [2.45, 2.75) is 142 Å². The van der Waals surface area contributed by atoms with Crippen LogP contribution in [0.3, 0.4) is 0 Å². The van der Waals surface area contributed by atoms with Crippen molar-refractivity contribution in [3.05, 3.63) is 29.8 Å². The molecular formula is C43H66N4O11. The van der Waals surface area contributed by atoms with Gasteiger partial charge in [-0.1, -0.05) is 39.8 Å². The molecule has 0 radical (unpaired) electrons. The minimum atomic E-state index is -1.16. The highest BCUT2D eigenvalue weighted by atomic mass is 16.6. The van der Waals surface area contributed by atoms with Crippen molar-refractivity contribution < 1.29 is 53.2 Å². The van der Waals surface area contributed by atoms with Crippen molar-refractivity contribution in [3.63, 3.8) is 0 Å². The molecule has 4 aliphatic heterocycles. The van der Waals surface area contributed by atoms with Crippen LogP contribution in [-0.2, 0) is 39.9 Å². The number of hydrogen-bond donors (Lipinski definition) is 3. The molecule has 15 heteroatoms. The Balaban J connectivity index is 1.42. The Morgan fingerprint density at radius 2 is 1.78 bits per heavy atom. The maximum atomic E-state index is 14.5. The highest BCUT2D eigenvalue weighted by Crippen LogP contribution is 2.45. The van der Waals surface area contributed by atoms with Gasteiger partial charge in [-0.3, -0.25) is 34.4 Å². The standard InChI is InChI=1S/C43H66N4O11/c1-11-34-43(8)39-27(5)36(44-17-18-47(39)41(52)58-43)24(2)22-42(7,54-10)31(26(4)37(49)28(6)40(51)57-34)21-33-38(50)32(20-25(3)56-33)46(9)23-29-12-14-30(15-13-29)55-19-16-35(48)45-53/h12-15,24-28,31-34,38-39,50,53H,11,16-23H2,1-10H3,(H,45,48)/t24-,25-,26-,27+,28-,31-,32+,33+,34-,38-,39-,42-,43-/m1/s1. The second-order valence-electron chi connectivity index (χ2n) is 17.5. The van der Waals surface area contributed by atoms with E-state index in [1.807, 2.05) is 65.9 Å². The molecule has 0 spiro atoms. The van der Waals surface area contributed by atoms with Crippen molar-refractivity contribution in [3.8, 4) is 5.75 Å². The molecule has 2 amide bonds. The van der Waals surface area contributed by atoms with E-state index in [0.29, 0.717) is 51.1 Å². The third-order valence-corrected chi connectivity index (χ3v) is 13.5. The lowest BCUT2D eigenvalue weighted by Crippen LogP contribution is -2.58. The summed E-state index contributed by atoms with van der Waals surface area (Å²) in [6, 6.07) is 6.79. The summed E-state index contributed by atoms with van der Waals surface area (Å²) >= 11 is 0. The molecule has 13 atom stereocenters. The van der Waals surface area contributed by atoms with Crippen LogP contribution in [-0.4, -0.2) is 131 Å². The number of methoxy groups -OCH3 is 1. The number of fused-ring (bicyclic) bond motifs is 1. The van der Waals surface area contributed by atoms with Crippen LogP contribution in [0.5, 0.6) is 5.75 Å². The summed E-state index contributed by atoms with van der Waals surface area (Å²) in [6.45, 7) is 16.7. The third-order valence-electron chi connectivity index (χ3n) is 13.5. The lowest BCUT2D eigenvalue weighted by molar-refractivity contribution is -0.176. The molecule has 1 aromatic carbocycles. The van der Waals surface area contributed by atoms with E-state index < -0.39 is 71.3 Å². The summed E-state index contributed by atoms with van der Waals surface area (Å²) in [4.78, 5) is 62.0. The number of ketones is 1. The van der Waals surface area contributed by atoms with E-state index in [1.54, 1.807) is 24.4 Å². The monoisotopic (exact) mass is 814 g/mol. The first-order valence-corrected chi connectivity index (χ1v) is 20.9. The number of nitrogens with one attached hydrogen (secondary N) is 1. The Kier molecular flexibility index (Phi) is 14.7. The molecule has 0 saturated carbocycles. The number of Topliss-reactive ketones (excluding diaryl/α,β-unsaturated/α-hetero) is 1. The van der Waals surface area contributed by atoms with Crippen molar-refractivity contribution >= 4 is 29.5 Å². The first-order valence-electron chi connectivity index (χ1n) is 20.9. The molecule has 15 nitrogen and oxygen atoms in total. The molecule has 324 valence electrons. The number of aliphatic imine (C=N–C) groups is 1. The molecule has 0 unspecified atom stereocenters. The summed E-state index contributed by atoms with van der Waals surface area (Å²) in [5.74, 6) is -3.55. The summed E-state index contributed by atoms with van der Waals surface area (Å²) < 4.78 is 30.8. The molecular weight excluding hydrogens is 748 g/mol. The number of amides is 2. The average Bonchev–Trinajstić information content (AvgIpc) is 3.32. The van der Waals surface area contributed by atoms with Gasteiger partial charge in [0, 0.05) is 43.8 Å². The van der Waals surface area contributed by atoms with Gasteiger partial charge in [0.05, 0.1) is 49.5 Å². The molecule has 3 N–H and O–H groups in total. The van der Waals surface area contributed by atoms with E-state index in [2.05, 4.69) is 18.7 Å². The van der Waals surface area contributed by atoms with Gasteiger partial charge in [-0.15, -0.1) is 0 Å². The van der Waals surface area contributed by atoms with Crippen LogP contribution < -0.4 is 10.2 Å². The van der Waals surface area contributed by atoms with Gasteiger partial charge in [-0.25, -0.2) is 10.3 Å². The maximum Gasteiger partial charge on any atom is 0.410 e. The largest absolute Gasteiger partial charge is 0.493 e. The molecule has 58 heavy (non-hydrogen) atoms. The number of aliphatic hydroxyl groups is 1. The Morgan fingerprint density at radius 1 is 1.09 bits per heavy atom. The fourth-order valence-electron chi connectivity index (χ4n) is 10.3. The van der Waals surface area contributed by atoms with Crippen molar-refractivity contribution in [1.29, 1.82) is 0 Å². The summed E-state index contributed by atoms with van der Waals surface area (Å²) in [7, 11) is 3.61. The highest BCUT2D eigenvalue weighted by molar-refractivity contribution is 6.00. The van der Waals surface area contributed by atoms with E-state index in [1.165, 1.54) is 0 Å². The quantitative estimate of drug-likeness (QED) is 0.122. The predicted octanol–water partition coefficient (Wildman–Crippen LogP) is 4.58. The first kappa shape index (κ1) is 45.5. The maximum absolute atomic E-state index is 14.5. The number of likely N-dealkylation sites (N-methyl/N-ethyl adjacent to an activating group) is 1. The first-order chi connectivity index (χ1) is 27.4. The molecule has 4 heterocycles. The van der Waals surface area contributed by atoms with Gasteiger partial charge in [0.15, 0.2) is 5.60 Å². The SMILES string of the molecule is CC[C@H]1OC(=O)[C@H](C)C(=O)[C@H](C)[C@@H](C[C@@H]2O[C@H](C)C[C@H](N(C)Cc3ccc(OCCC(=O)NO)cc3)[C@H]2O)[C@](C)(OC)C[C@@H](C)C2=NCCN3C(=O)O[C@@]1(C)[C@H]3[C@H]2C. The molecule has 3 fully saturated rings. The Labute approximate surface area is 343 Å². The third kappa shape index (κ3) is 9.38. The lowest BCUT2D eigenvalue weighted by atomic mass is 9.67. The predicted molar refractivity (Wildman–Crippen MR) is 214 cm³/mol. The number of hydroxylamine groups is 1. The topological polar surface area (TPSA) is 186 Å². The Hall–Kier alpha value is -3.63. The minimum Gasteiger partial charge on any atom is -0.493 e. The Morgan fingerprint density at radius 3 is 2.41 bits per heavy atom. The molecule has 0 aliphatic carbocycles. The van der Waals surface area contributed by atoms with Gasteiger partial charge < -0.3 is 28.8 Å². The van der Waals surface area contributed by atoms with E-state index in [-0.39, 0.29) is 42.8 Å². The summed E-state index contributed by atoms with van der Waals surface area (Å²) in [5, 5.41) is 20.8. The van der Waals surface area contributed by atoms with Gasteiger partial charge in [-0.05, 0) is 90.0 Å². The fraction of sp³-hybridized carbons (Fsp3) is 0.744. The van der Waals surface area contributed by atoms with Crippen LogP contribution in [0.25, 0.3) is 0 Å². The second kappa shape index (κ2) is 18.7. The Bertz CT molecular complexity index is 1660. The number of carbonyl (C=O) groups excluding carboxylic acids is 4. The second-order valence-corrected chi connectivity index (χ2v) is 17.5. The number of cyclic esters (lactones) is 1. The zero-order valence-corrected chi connectivity index (χ0v) is 35.9. The molecule has 5 rings (SSSR count). The van der Waals surface area contributed by atoms with Crippen molar-refractivity contribution in [2.75, 3.05) is 33.9 Å². The zero-order chi connectivity index (χ0) is 42.7. The van der Waals surface area contributed by atoms with Gasteiger partial charge in [0.2, 0.25) is 5.91 Å². The summed E-state index contributed by atoms with van der Waals surface area (Å²) in [5.41, 5.74) is 1.42. The minimum absolute atomic E-state index is 0.0234. The van der Waals surface area contributed by atoms with Crippen LogP contribution in [0.15, 0.2) is 29.3 Å². The van der Waals surface area contributed by atoms with Gasteiger partial charge in [-0.2, -0.15) is 0 Å². The molecule has 1 aromatic rings. The highest BCUT2D eigenvalue weighted by Gasteiger charge is 2.60. The van der Waals surface area contributed by atoms with E-state index in [0.717, 1.165) is 11.3 Å². The van der Waals surface area contributed by atoms with E-state index >= 15 is 0 Å². The number of rotatable bonds is 11. The number of hydrogen-bond acceptors (Lipinski definition) is 13. The summed E-state index contributed by atoms with van der Waals surface area (Å²) in [6.07, 6.45) is -1.23. The lowest BCUT2D eigenvalue weighted by Gasteiger charge is -2.48. The molecule has 3 saturated heterocycles. The van der Waals surface area contributed by atoms with Crippen LogP contribution in [0.2, 0.25) is 0 Å². The van der Waals surface area contributed by atoms with Gasteiger partial charge in [0.1, 0.15) is 23.6 Å². The number of esters is 1. The molecule has 4 aliphatic rings. The number of carbonyl (C=O) groups is 4. The number of benzene rings is 1. The van der Waals surface area contributed by atoms with E-state index in [4.69, 9.17) is 33.9 Å². The van der Waals surface area contributed by atoms with Crippen molar-refractivity contribution in [2.24, 2.45) is 34.6 Å². The molecule has 0 aromatic heterocycles. The van der Waals surface area contributed by atoms with Gasteiger partial charge >= 0.3 is 12.1 Å². The smallest absolute Gasteiger partial charge is 0.410 e. The zero-order valence-electron chi connectivity index (χ0n) is 35.9. The van der Waals surface area contributed by atoms with E-state index in [9.17, 15) is 24.3 Å². The van der Waals surface area contributed by atoms with Crippen LogP contribution in [0.4, 0.5) is 4.79 Å². The average molecular weight is 815 g/mol. The van der Waals surface area contributed by atoms with Crippen LogP contribution in [0.1, 0.15) is 93.1 Å². The number of nitrogens with zero attached hydrogens (tertiary/aromatic N) is 3. The normalized spacial score (nSPS) is 37.3. The van der Waals surface area contributed by atoms with Crippen molar-refractivity contribution in [1.82, 2.24) is 15.3 Å². The van der Waals surface area contributed by atoms with Gasteiger partial charge in [0.25, 0.3) is 0 Å². The fourth-order valence-corrected chi connectivity index (χ4v) is 10.3. The van der Waals surface area contributed by atoms with Crippen LogP contribution in [0, 0.1) is 29.6 Å². The van der Waals surface area contributed by atoms with Crippen LogP contribution >= 0.6 is 0 Å². The molecule has 2 bridgehead atoms.